The van der Waals surface area contributed by atoms with Gasteiger partial charge < -0.3 is 9.80 Å². The Morgan fingerprint density at radius 1 is 0.700 bits per heavy atom. The molecule has 0 unspecified atom stereocenters. The van der Waals surface area contributed by atoms with Gasteiger partial charge in [-0.3, -0.25) is 19.1 Å². The summed E-state index contributed by atoms with van der Waals surface area (Å²) in [7, 11) is 0. The molecule has 3 aliphatic rings. The van der Waals surface area contributed by atoms with Crippen molar-refractivity contribution < 1.29 is 9.59 Å². The fourth-order valence-electron chi connectivity index (χ4n) is 4.72. The molecular formula is C21H34N6O3. The van der Waals surface area contributed by atoms with Gasteiger partial charge in [0.2, 0.25) is 11.8 Å². The first kappa shape index (κ1) is 21.1. The minimum atomic E-state index is -0.165. The van der Waals surface area contributed by atoms with Gasteiger partial charge in [-0.1, -0.05) is 19.3 Å². The lowest BCUT2D eigenvalue weighted by molar-refractivity contribution is -0.135. The van der Waals surface area contributed by atoms with Crippen LogP contribution in [0.2, 0.25) is 0 Å². The molecule has 0 atom stereocenters. The Balaban J connectivity index is 1.26. The van der Waals surface area contributed by atoms with Crippen LogP contribution in [0.3, 0.4) is 0 Å². The topological polar surface area (TPSA) is 83.7 Å². The third kappa shape index (κ3) is 4.94. The van der Waals surface area contributed by atoms with Crippen molar-refractivity contribution in [3.63, 3.8) is 0 Å². The zero-order chi connectivity index (χ0) is 20.9. The third-order valence-corrected chi connectivity index (χ3v) is 6.61. The van der Waals surface area contributed by atoms with E-state index in [0.29, 0.717) is 39.3 Å². The molecule has 4 heterocycles. The van der Waals surface area contributed by atoms with Crippen molar-refractivity contribution in [2.24, 2.45) is 0 Å². The Morgan fingerprint density at radius 3 is 2.03 bits per heavy atom. The van der Waals surface area contributed by atoms with Gasteiger partial charge in [-0.2, -0.15) is 5.10 Å². The van der Waals surface area contributed by atoms with Gasteiger partial charge in [-0.15, -0.1) is 0 Å². The van der Waals surface area contributed by atoms with Gasteiger partial charge in [-0.05, 0) is 25.7 Å². The molecule has 1 aromatic heterocycles. The number of nitrogens with zero attached hydrogens (tertiary/aromatic N) is 6. The first-order valence-corrected chi connectivity index (χ1v) is 11.6. The number of piperazine rings is 1. The fourth-order valence-corrected chi connectivity index (χ4v) is 4.72. The molecule has 1 aromatic rings. The number of rotatable bonds is 4. The van der Waals surface area contributed by atoms with Crippen LogP contribution in [0.15, 0.2) is 4.79 Å². The van der Waals surface area contributed by atoms with Gasteiger partial charge in [0.05, 0.1) is 6.54 Å². The lowest BCUT2D eigenvalue weighted by Gasteiger charge is -2.35. The van der Waals surface area contributed by atoms with Crippen LogP contribution in [-0.2, 0) is 29.1 Å². The van der Waals surface area contributed by atoms with Crippen molar-refractivity contribution in [2.45, 2.75) is 64.5 Å². The van der Waals surface area contributed by atoms with E-state index >= 15 is 0 Å². The van der Waals surface area contributed by atoms with Gasteiger partial charge in [-0.25, -0.2) is 9.48 Å². The highest BCUT2D eigenvalue weighted by atomic mass is 16.2. The lowest BCUT2D eigenvalue weighted by atomic mass is 10.2. The van der Waals surface area contributed by atoms with Gasteiger partial charge in [0.1, 0.15) is 12.4 Å². The normalized spacial score (nSPS) is 21.1. The molecule has 0 aliphatic carbocycles. The highest BCUT2D eigenvalue weighted by Crippen LogP contribution is 2.12. The first-order chi connectivity index (χ1) is 14.6. The Kier molecular flexibility index (Phi) is 6.86. The summed E-state index contributed by atoms with van der Waals surface area (Å²) in [5.74, 6) is 0.953. The Hall–Kier alpha value is -2.16. The molecule has 0 radical (unpaired) electrons. The summed E-state index contributed by atoms with van der Waals surface area (Å²) in [6.45, 7) is 5.47. The molecular weight excluding hydrogens is 384 g/mol. The van der Waals surface area contributed by atoms with E-state index in [4.69, 9.17) is 0 Å². The molecule has 2 saturated heterocycles. The molecule has 0 bridgehead atoms. The molecule has 30 heavy (non-hydrogen) atoms. The zero-order valence-corrected chi connectivity index (χ0v) is 17.9. The van der Waals surface area contributed by atoms with E-state index in [-0.39, 0.29) is 24.0 Å². The molecule has 0 spiro atoms. The summed E-state index contributed by atoms with van der Waals surface area (Å²) in [4.78, 5) is 43.8. The minimum Gasteiger partial charge on any atom is -0.342 e. The molecule has 166 valence electrons. The second-order valence-corrected chi connectivity index (χ2v) is 8.77. The van der Waals surface area contributed by atoms with E-state index in [9.17, 15) is 14.4 Å². The van der Waals surface area contributed by atoms with E-state index in [0.717, 1.165) is 57.4 Å². The smallest absolute Gasteiger partial charge is 0.342 e. The van der Waals surface area contributed by atoms with Crippen LogP contribution in [0.5, 0.6) is 0 Å². The second-order valence-electron chi connectivity index (χ2n) is 8.77. The molecule has 0 saturated carbocycles. The van der Waals surface area contributed by atoms with Gasteiger partial charge in [0, 0.05) is 52.2 Å². The van der Waals surface area contributed by atoms with Crippen molar-refractivity contribution in [3.05, 3.63) is 16.3 Å². The first-order valence-electron chi connectivity index (χ1n) is 11.6. The van der Waals surface area contributed by atoms with Crippen LogP contribution in [0.4, 0.5) is 0 Å². The van der Waals surface area contributed by atoms with Crippen LogP contribution in [-0.4, -0.2) is 86.7 Å². The third-order valence-electron chi connectivity index (χ3n) is 6.61. The summed E-state index contributed by atoms with van der Waals surface area (Å²) in [6.07, 6.45) is 8.59. The van der Waals surface area contributed by atoms with Crippen molar-refractivity contribution >= 4 is 11.8 Å². The predicted molar refractivity (Wildman–Crippen MR) is 112 cm³/mol. The summed E-state index contributed by atoms with van der Waals surface area (Å²) in [5.41, 5.74) is -0.165. The highest BCUT2D eigenvalue weighted by Gasteiger charge is 2.26. The molecule has 0 aromatic carbocycles. The maximum Gasteiger partial charge on any atom is 0.346 e. The number of amides is 2. The van der Waals surface area contributed by atoms with E-state index in [2.05, 4.69) is 10.00 Å². The molecule has 4 rings (SSSR count). The zero-order valence-electron chi connectivity index (χ0n) is 17.9. The molecule has 9 heteroatoms. The molecule has 3 aliphatic heterocycles. The number of carbonyl (C=O) groups is 2. The number of hydrogen-bond acceptors (Lipinski definition) is 5. The summed E-state index contributed by atoms with van der Waals surface area (Å²) in [6, 6.07) is 0. The minimum absolute atomic E-state index is 0.00550. The summed E-state index contributed by atoms with van der Waals surface area (Å²) >= 11 is 0. The summed E-state index contributed by atoms with van der Waals surface area (Å²) < 4.78 is 3.06. The van der Waals surface area contributed by atoms with Crippen LogP contribution in [0.1, 0.15) is 50.8 Å². The maximum absolute atomic E-state index is 12.7. The molecule has 9 nitrogen and oxygen atoms in total. The van der Waals surface area contributed by atoms with Crippen molar-refractivity contribution in [3.8, 4) is 0 Å². The van der Waals surface area contributed by atoms with Crippen LogP contribution in [0, 0.1) is 0 Å². The molecule has 2 fully saturated rings. The van der Waals surface area contributed by atoms with Crippen LogP contribution < -0.4 is 5.69 Å². The SMILES string of the molecule is O=C(CN1CCN(C(=O)Cn2nc3n(c2=O)CCCCC3)CC1)N1CCCCCC1. The van der Waals surface area contributed by atoms with E-state index < -0.39 is 0 Å². The number of fused-ring (bicyclic) bond motifs is 1. The number of likely N-dealkylation sites (tertiary alicyclic amines) is 1. The Morgan fingerprint density at radius 2 is 1.30 bits per heavy atom. The quantitative estimate of drug-likeness (QED) is 0.703. The monoisotopic (exact) mass is 418 g/mol. The fraction of sp³-hybridized carbons (Fsp3) is 0.810. The van der Waals surface area contributed by atoms with Gasteiger partial charge >= 0.3 is 5.69 Å². The van der Waals surface area contributed by atoms with Crippen LogP contribution >= 0.6 is 0 Å². The predicted octanol–water partition coefficient (Wildman–Crippen LogP) is 0.318. The number of hydrogen-bond donors (Lipinski definition) is 0. The molecule has 2 amide bonds. The number of aromatic nitrogens is 3. The average Bonchev–Trinajstić information content (AvgIpc) is 3.02. The second kappa shape index (κ2) is 9.76. The Bertz CT molecular complexity index is 800. The van der Waals surface area contributed by atoms with Crippen molar-refractivity contribution in [2.75, 3.05) is 45.8 Å². The number of carbonyl (C=O) groups excluding carboxylic acids is 2. The summed E-state index contributed by atoms with van der Waals surface area (Å²) in [5, 5.41) is 4.42. The van der Waals surface area contributed by atoms with Crippen molar-refractivity contribution in [1.29, 1.82) is 0 Å². The largest absolute Gasteiger partial charge is 0.346 e. The van der Waals surface area contributed by atoms with Gasteiger partial charge in [0.25, 0.3) is 0 Å². The van der Waals surface area contributed by atoms with E-state index in [1.54, 1.807) is 9.47 Å². The van der Waals surface area contributed by atoms with E-state index in [1.807, 2.05) is 4.90 Å². The standard InChI is InChI=1S/C21H34N6O3/c28-19(24-9-5-1-2-6-10-24)16-23-12-14-25(15-13-23)20(29)17-27-21(30)26-11-7-3-4-8-18(26)22-27/h1-17H2. The molecule has 0 N–H and O–H groups in total. The lowest BCUT2D eigenvalue weighted by Crippen LogP contribution is -2.52. The average molecular weight is 419 g/mol. The van der Waals surface area contributed by atoms with E-state index in [1.165, 1.54) is 17.5 Å². The van der Waals surface area contributed by atoms with Gasteiger partial charge in [0.15, 0.2) is 0 Å². The highest BCUT2D eigenvalue weighted by molar-refractivity contribution is 5.78. The van der Waals surface area contributed by atoms with Crippen molar-refractivity contribution in [1.82, 2.24) is 29.0 Å². The Labute approximate surface area is 177 Å². The maximum atomic E-state index is 12.7. The van der Waals surface area contributed by atoms with Crippen LogP contribution in [0.25, 0.3) is 0 Å². The number of aryl methyl sites for hydroxylation is 1.